The van der Waals surface area contributed by atoms with Crippen molar-refractivity contribution < 1.29 is 9.59 Å². The van der Waals surface area contributed by atoms with Crippen molar-refractivity contribution in [3.05, 3.63) is 77.0 Å². The van der Waals surface area contributed by atoms with Crippen LogP contribution in [-0.4, -0.2) is 16.8 Å². The predicted octanol–water partition coefficient (Wildman–Crippen LogP) is 3.19. The first-order chi connectivity index (χ1) is 12.7. The standard InChI is InChI=1S/C21H19N3O2/c25-20(14-8-2-1-3-9-14)23-24-21(26)19-15-10-4-6-12-17(15)22-18-13-7-5-11-16(18)19/h1-4,6,8-10,12H,5,7,11,13H2,(H,23,25)(H,24,26). The van der Waals surface area contributed by atoms with Crippen LogP contribution in [0, 0.1) is 0 Å². The Morgan fingerprint density at radius 3 is 2.35 bits per heavy atom. The molecule has 0 saturated carbocycles. The second kappa shape index (κ2) is 6.96. The number of fused-ring (bicyclic) bond motifs is 2. The van der Waals surface area contributed by atoms with Gasteiger partial charge in [-0.25, -0.2) is 0 Å². The molecular formula is C21H19N3O2. The Kier molecular flexibility index (Phi) is 4.35. The van der Waals surface area contributed by atoms with Crippen molar-refractivity contribution in [1.29, 1.82) is 0 Å². The highest BCUT2D eigenvalue weighted by atomic mass is 16.2. The van der Waals surface area contributed by atoms with Gasteiger partial charge in [0, 0.05) is 16.6 Å². The maximum absolute atomic E-state index is 12.9. The zero-order chi connectivity index (χ0) is 17.9. The van der Waals surface area contributed by atoms with Gasteiger partial charge in [-0.05, 0) is 49.4 Å². The van der Waals surface area contributed by atoms with Gasteiger partial charge in [-0.15, -0.1) is 0 Å². The quantitative estimate of drug-likeness (QED) is 0.701. The van der Waals surface area contributed by atoms with Gasteiger partial charge in [-0.1, -0.05) is 36.4 Å². The summed E-state index contributed by atoms with van der Waals surface area (Å²) in [5.74, 6) is -0.641. The predicted molar refractivity (Wildman–Crippen MR) is 99.8 cm³/mol. The number of hydrazine groups is 1. The minimum atomic E-state index is -0.342. The maximum Gasteiger partial charge on any atom is 0.270 e. The number of aromatic nitrogens is 1. The number of aryl methyl sites for hydroxylation is 1. The fraction of sp³-hybridized carbons (Fsp3) is 0.190. The van der Waals surface area contributed by atoms with Crippen molar-refractivity contribution in [2.24, 2.45) is 0 Å². The third kappa shape index (κ3) is 3.04. The average Bonchev–Trinajstić information content (AvgIpc) is 2.70. The number of benzene rings is 2. The molecule has 2 N–H and O–H groups in total. The molecule has 5 nitrogen and oxygen atoms in total. The summed E-state index contributed by atoms with van der Waals surface area (Å²) in [4.78, 5) is 29.8. The largest absolute Gasteiger partial charge is 0.270 e. The average molecular weight is 345 g/mol. The second-order valence-corrected chi connectivity index (χ2v) is 6.41. The van der Waals surface area contributed by atoms with Crippen LogP contribution < -0.4 is 10.9 Å². The van der Waals surface area contributed by atoms with Crippen LogP contribution in [0.4, 0.5) is 0 Å². The summed E-state index contributed by atoms with van der Waals surface area (Å²) in [5, 5.41) is 0.819. The number of rotatable bonds is 2. The highest BCUT2D eigenvalue weighted by Crippen LogP contribution is 2.29. The highest BCUT2D eigenvalue weighted by Gasteiger charge is 2.22. The SMILES string of the molecule is O=C(NNC(=O)c1c2c(nc3ccccc13)CCCC2)c1ccccc1. The molecule has 2 amide bonds. The van der Waals surface area contributed by atoms with Crippen molar-refractivity contribution in [3.63, 3.8) is 0 Å². The van der Waals surface area contributed by atoms with Crippen LogP contribution in [0.25, 0.3) is 10.9 Å². The molecular weight excluding hydrogens is 326 g/mol. The van der Waals surface area contributed by atoms with Gasteiger partial charge in [0.2, 0.25) is 0 Å². The lowest BCUT2D eigenvalue weighted by Crippen LogP contribution is -2.42. The minimum Gasteiger partial charge on any atom is -0.267 e. The number of hydrogen-bond acceptors (Lipinski definition) is 3. The van der Waals surface area contributed by atoms with E-state index in [2.05, 4.69) is 10.9 Å². The first-order valence-electron chi connectivity index (χ1n) is 8.80. The molecule has 0 radical (unpaired) electrons. The van der Waals surface area contributed by atoms with Crippen molar-refractivity contribution >= 4 is 22.7 Å². The topological polar surface area (TPSA) is 71.1 Å². The molecule has 0 bridgehead atoms. The van der Waals surface area contributed by atoms with E-state index < -0.39 is 0 Å². The lowest BCUT2D eigenvalue weighted by Gasteiger charge is -2.20. The van der Waals surface area contributed by atoms with Gasteiger partial charge in [-0.3, -0.25) is 25.4 Å². The zero-order valence-electron chi connectivity index (χ0n) is 14.3. The minimum absolute atomic E-state index is 0.300. The Balaban J connectivity index is 1.65. The van der Waals surface area contributed by atoms with Crippen molar-refractivity contribution in [2.75, 3.05) is 0 Å². The molecule has 0 spiro atoms. The van der Waals surface area contributed by atoms with E-state index in [1.165, 1.54) is 0 Å². The Morgan fingerprint density at radius 2 is 1.50 bits per heavy atom. The van der Waals surface area contributed by atoms with Crippen LogP contribution >= 0.6 is 0 Å². The molecule has 1 aliphatic rings. The van der Waals surface area contributed by atoms with E-state index in [9.17, 15) is 9.59 Å². The fourth-order valence-corrected chi connectivity index (χ4v) is 3.47. The Labute approximate surface area is 151 Å². The van der Waals surface area contributed by atoms with Gasteiger partial charge in [0.1, 0.15) is 0 Å². The smallest absolute Gasteiger partial charge is 0.267 e. The van der Waals surface area contributed by atoms with E-state index in [1.54, 1.807) is 24.3 Å². The number of nitrogens with one attached hydrogen (secondary N) is 2. The van der Waals surface area contributed by atoms with Crippen molar-refractivity contribution in [2.45, 2.75) is 25.7 Å². The monoisotopic (exact) mass is 345 g/mol. The Hall–Kier alpha value is -3.21. The molecule has 0 atom stereocenters. The third-order valence-corrected chi connectivity index (χ3v) is 4.72. The molecule has 0 unspecified atom stereocenters. The normalized spacial score (nSPS) is 13.1. The molecule has 2 aromatic carbocycles. The first-order valence-corrected chi connectivity index (χ1v) is 8.80. The summed E-state index contributed by atoms with van der Waals surface area (Å²) < 4.78 is 0. The van der Waals surface area contributed by atoms with Crippen LogP contribution in [0.3, 0.4) is 0 Å². The third-order valence-electron chi connectivity index (χ3n) is 4.72. The van der Waals surface area contributed by atoms with Gasteiger partial charge in [0.05, 0.1) is 11.1 Å². The summed E-state index contributed by atoms with van der Waals surface area (Å²) in [6, 6.07) is 16.4. The number of hydrogen-bond donors (Lipinski definition) is 2. The number of carbonyl (C=O) groups excluding carboxylic acids is 2. The second-order valence-electron chi connectivity index (χ2n) is 6.41. The van der Waals surface area contributed by atoms with Crippen LogP contribution in [0.15, 0.2) is 54.6 Å². The van der Waals surface area contributed by atoms with E-state index >= 15 is 0 Å². The van der Waals surface area contributed by atoms with Crippen LogP contribution in [0.1, 0.15) is 44.8 Å². The number of carbonyl (C=O) groups is 2. The van der Waals surface area contributed by atoms with E-state index in [0.29, 0.717) is 11.1 Å². The lowest BCUT2D eigenvalue weighted by atomic mass is 9.89. The van der Waals surface area contributed by atoms with E-state index in [0.717, 1.165) is 47.8 Å². The Bertz CT molecular complexity index is 983. The summed E-state index contributed by atoms with van der Waals surface area (Å²) in [6.07, 6.45) is 3.85. The molecule has 0 saturated heterocycles. The molecule has 1 heterocycles. The van der Waals surface area contributed by atoms with Gasteiger partial charge in [-0.2, -0.15) is 0 Å². The fourth-order valence-electron chi connectivity index (χ4n) is 3.47. The van der Waals surface area contributed by atoms with E-state index in [4.69, 9.17) is 4.98 Å². The van der Waals surface area contributed by atoms with E-state index in [1.807, 2.05) is 30.3 Å². The molecule has 5 heteroatoms. The zero-order valence-corrected chi connectivity index (χ0v) is 14.3. The number of amides is 2. The summed E-state index contributed by atoms with van der Waals surface area (Å²) in [6.45, 7) is 0. The van der Waals surface area contributed by atoms with E-state index in [-0.39, 0.29) is 11.8 Å². The molecule has 0 fully saturated rings. The van der Waals surface area contributed by atoms with Crippen molar-refractivity contribution in [1.82, 2.24) is 15.8 Å². The van der Waals surface area contributed by atoms with Crippen LogP contribution in [-0.2, 0) is 12.8 Å². The molecule has 1 aromatic heterocycles. The summed E-state index contributed by atoms with van der Waals surface area (Å²) in [7, 11) is 0. The number of pyridine rings is 1. The summed E-state index contributed by atoms with van der Waals surface area (Å²) >= 11 is 0. The molecule has 26 heavy (non-hydrogen) atoms. The number of para-hydroxylation sites is 1. The lowest BCUT2D eigenvalue weighted by molar-refractivity contribution is 0.0847. The van der Waals surface area contributed by atoms with Gasteiger partial charge >= 0.3 is 0 Å². The molecule has 4 rings (SSSR count). The van der Waals surface area contributed by atoms with Crippen molar-refractivity contribution in [3.8, 4) is 0 Å². The summed E-state index contributed by atoms with van der Waals surface area (Å²) in [5.41, 5.74) is 9.01. The Morgan fingerprint density at radius 1 is 0.808 bits per heavy atom. The molecule has 0 aliphatic heterocycles. The highest BCUT2D eigenvalue weighted by molar-refractivity contribution is 6.08. The maximum atomic E-state index is 12.9. The number of nitrogens with zero attached hydrogens (tertiary/aromatic N) is 1. The first kappa shape index (κ1) is 16.3. The van der Waals surface area contributed by atoms with Crippen LogP contribution in [0.5, 0.6) is 0 Å². The molecule has 3 aromatic rings. The van der Waals surface area contributed by atoms with Gasteiger partial charge < -0.3 is 0 Å². The molecule has 130 valence electrons. The molecule has 1 aliphatic carbocycles. The van der Waals surface area contributed by atoms with Gasteiger partial charge in [0.15, 0.2) is 0 Å². The van der Waals surface area contributed by atoms with Gasteiger partial charge in [0.25, 0.3) is 11.8 Å². The van der Waals surface area contributed by atoms with Crippen LogP contribution in [0.2, 0.25) is 0 Å².